The summed E-state index contributed by atoms with van der Waals surface area (Å²) in [7, 11) is 1.50. The molecule has 0 aliphatic rings. The third kappa shape index (κ3) is 69.5. The topological polar surface area (TPSA) is 111 Å². The van der Waals surface area contributed by atoms with Crippen LogP contribution in [0.3, 0.4) is 0 Å². The van der Waals surface area contributed by atoms with Crippen LogP contribution in [0.2, 0.25) is 0 Å². The molecule has 0 rings (SSSR count). The fourth-order valence-corrected chi connectivity index (χ4v) is 11.9. The van der Waals surface area contributed by atoms with E-state index in [2.05, 4.69) is 99.0 Å². The summed E-state index contributed by atoms with van der Waals surface area (Å²) < 4.78 is 30.9. The number of phosphoric ester groups is 1. The van der Waals surface area contributed by atoms with E-state index in [4.69, 9.17) is 13.8 Å². The molecule has 0 fully saturated rings. The van der Waals surface area contributed by atoms with Crippen LogP contribution in [0, 0.1) is 0 Å². The third-order valence-corrected chi connectivity index (χ3v) is 18.0. The van der Waals surface area contributed by atoms with Gasteiger partial charge >= 0.3 is 13.8 Å². The molecule has 3 unspecified atom stereocenters. The summed E-state index contributed by atoms with van der Waals surface area (Å²) >= 11 is 0. The second kappa shape index (κ2) is 69.0. The van der Waals surface area contributed by atoms with Gasteiger partial charge < -0.3 is 19.4 Å². The number of quaternary nitrogens is 1. The van der Waals surface area contributed by atoms with Crippen LogP contribution in [0.4, 0.5) is 0 Å². The van der Waals surface area contributed by atoms with Gasteiger partial charge in [-0.1, -0.05) is 324 Å². The van der Waals surface area contributed by atoms with Crippen LogP contribution in [0.15, 0.2) is 85.1 Å². The zero-order valence-electron chi connectivity index (χ0n) is 60.1. The third-order valence-electron chi connectivity index (χ3n) is 17.1. The van der Waals surface area contributed by atoms with Gasteiger partial charge in [-0.05, 0) is 109 Å². The zero-order chi connectivity index (χ0) is 65.6. The Morgan fingerprint density at radius 2 is 0.678 bits per heavy atom. The second-order valence-electron chi connectivity index (χ2n) is 27.2. The van der Waals surface area contributed by atoms with Crippen molar-refractivity contribution in [2.75, 3.05) is 40.9 Å². The fraction of sp³-hybridized carbons (Fsp3) is 0.800. The first kappa shape index (κ1) is 87.2. The van der Waals surface area contributed by atoms with Crippen LogP contribution in [0.1, 0.15) is 361 Å². The van der Waals surface area contributed by atoms with Crippen molar-refractivity contribution in [2.24, 2.45) is 0 Å². The predicted octanol–water partition coefficient (Wildman–Crippen LogP) is 24.9. The van der Waals surface area contributed by atoms with Gasteiger partial charge in [-0.2, -0.15) is 0 Å². The van der Waals surface area contributed by atoms with E-state index in [1.54, 1.807) is 0 Å². The molecule has 9 nitrogen and oxygen atoms in total. The summed E-state index contributed by atoms with van der Waals surface area (Å²) in [6, 6.07) is -0.854. The Morgan fingerprint density at radius 3 is 1.03 bits per heavy atom. The van der Waals surface area contributed by atoms with Crippen molar-refractivity contribution in [3.63, 3.8) is 0 Å². The first-order chi connectivity index (χ1) is 43.9. The monoisotopic (exact) mass is 1280 g/mol. The van der Waals surface area contributed by atoms with Gasteiger partial charge in [0.15, 0.2) is 0 Å². The van der Waals surface area contributed by atoms with Gasteiger partial charge in [0, 0.05) is 12.8 Å². The Labute approximate surface area is 558 Å². The molecule has 0 heterocycles. The van der Waals surface area contributed by atoms with E-state index in [1.807, 2.05) is 33.3 Å². The molecule has 0 bridgehead atoms. The first-order valence-electron chi connectivity index (χ1n) is 38.4. The fourth-order valence-electron chi connectivity index (χ4n) is 11.1. The molecule has 0 radical (unpaired) electrons. The largest absolute Gasteiger partial charge is 0.472 e. The molecule has 0 spiro atoms. The number of allylic oxidation sites excluding steroid dienone is 13. The quantitative estimate of drug-likeness (QED) is 0.0205. The Hall–Kier alpha value is -2.81. The summed E-state index contributed by atoms with van der Waals surface area (Å²) in [6.45, 7) is 7.00. The number of carbonyl (C=O) groups excluding carboxylic acids is 2. The van der Waals surface area contributed by atoms with E-state index >= 15 is 0 Å². The van der Waals surface area contributed by atoms with E-state index in [-0.39, 0.29) is 31.5 Å². The molecule has 0 saturated heterocycles. The van der Waals surface area contributed by atoms with E-state index in [0.717, 1.165) is 83.5 Å². The summed E-state index contributed by atoms with van der Waals surface area (Å²) in [5.74, 6) is -0.497. The summed E-state index contributed by atoms with van der Waals surface area (Å²) in [6.07, 6.45) is 93.2. The minimum Gasteiger partial charge on any atom is -0.456 e. The molecule has 10 heteroatoms. The normalized spacial score (nSPS) is 13.9. The summed E-state index contributed by atoms with van der Waals surface area (Å²) in [4.78, 5) is 38.0. The lowest BCUT2D eigenvalue weighted by Gasteiger charge is -2.27. The average Bonchev–Trinajstić information content (AvgIpc) is 3.12. The van der Waals surface area contributed by atoms with Gasteiger partial charge in [0.25, 0.3) is 0 Å². The second-order valence-corrected chi connectivity index (χ2v) is 28.6. The van der Waals surface area contributed by atoms with Crippen LogP contribution in [0.25, 0.3) is 0 Å². The zero-order valence-corrected chi connectivity index (χ0v) is 61.0. The SMILES string of the molecule is CCCCC/C=C\C/C=C\C/C=C\C/C=C\CCCCCCCCCCCCCC(=O)OC(/C=C/CCCCCCCCCCCC)C(COP(=O)(O)OCC[N+](C)(C)C)NC(=O)CCCCCCCCCCCCCCCCC/C=C\C/C=C\CCCCC. The molecular weight excluding hydrogens is 1130 g/mol. The lowest BCUT2D eigenvalue weighted by Crippen LogP contribution is -2.47. The Kier molecular flexibility index (Phi) is 66.9. The molecule has 0 aliphatic carbocycles. The highest BCUT2D eigenvalue weighted by molar-refractivity contribution is 7.47. The number of hydrogen-bond acceptors (Lipinski definition) is 6. The maximum absolute atomic E-state index is 13.7. The van der Waals surface area contributed by atoms with Gasteiger partial charge in [0.1, 0.15) is 19.3 Å². The van der Waals surface area contributed by atoms with Gasteiger partial charge in [0.05, 0.1) is 33.8 Å². The Bertz CT molecular complexity index is 1810. The smallest absolute Gasteiger partial charge is 0.456 e. The molecule has 3 atom stereocenters. The predicted molar refractivity (Wildman–Crippen MR) is 392 cm³/mol. The van der Waals surface area contributed by atoms with Crippen LogP contribution in [-0.2, 0) is 27.9 Å². The van der Waals surface area contributed by atoms with Gasteiger partial charge in [-0.25, -0.2) is 4.57 Å². The molecule has 90 heavy (non-hydrogen) atoms. The maximum Gasteiger partial charge on any atom is 0.472 e. The molecule has 0 aromatic rings. The molecule has 524 valence electrons. The number of carbonyl (C=O) groups is 2. The number of esters is 1. The number of likely N-dealkylation sites (N-methyl/N-ethyl adjacent to an activating group) is 1. The highest BCUT2D eigenvalue weighted by Gasteiger charge is 2.30. The van der Waals surface area contributed by atoms with Crippen molar-refractivity contribution < 1.29 is 37.3 Å². The van der Waals surface area contributed by atoms with E-state index in [0.29, 0.717) is 17.4 Å². The maximum atomic E-state index is 13.7. The van der Waals surface area contributed by atoms with Crippen LogP contribution >= 0.6 is 7.82 Å². The van der Waals surface area contributed by atoms with Crippen LogP contribution in [0.5, 0.6) is 0 Å². The minimum atomic E-state index is -4.46. The first-order valence-corrected chi connectivity index (χ1v) is 39.9. The van der Waals surface area contributed by atoms with Crippen molar-refractivity contribution in [3.8, 4) is 0 Å². The highest BCUT2D eigenvalue weighted by atomic mass is 31.2. The van der Waals surface area contributed by atoms with E-state index in [1.165, 1.54) is 244 Å². The van der Waals surface area contributed by atoms with Gasteiger partial charge in [-0.3, -0.25) is 18.6 Å². The van der Waals surface area contributed by atoms with Crippen molar-refractivity contribution in [3.05, 3.63) is 85.1 Å². The van der Waals surface area contributed by atoms with Gasteiger partial charge in [0.2, 0.25) is 5.91 Å². The molecule has 0 saturated carbocycles. The standard InChI is InChI=1S/C80H147N2O7P/c1-7-10-13-16-19-22-25-28-30-32-34-36-38-40-41-43-45-47-49-51-53-55-58-61-64-67-70-73-80(84)89-78(71-68-65-62-59-56-27-24-21-18-15-12-9-3)77(76-88-90(85,86)87-75-74-82(4,5)6)81-79(83)72-69-66-63-60-57-54-52-50-48-46-44-42-39-37-35-33-31-29-26-23-20-17-14-11-8-2/h19-20,22-23,28-31,34,36,40-41,68,71,77-78H,7-18,21,24-27,32-33,35,37-39,42-67,69-70,72-76H2,1-6H3,(H-,81,83,85,86)/p+1/b22-19-,23-20-,30-28-,31-29-,36-34-,41-40-,71-68+. The number of nitrogens with one attached hydrogen (secondary N) is 1. The molecule has 0 aliphatic heterocycles. The summed E-state index contributed by atoms with van der Waals surface area (Å²) in [5, 5.41) is 3.08. The Balaban J connectivity index is 4.97. The molecule has 0 aromatic heterocycles. The number of amides is 1. The van der Waals surface area contributed by atoms with Crippen LogP contribution < -0.4 is 5.32 Å². The molecule has 0 aromatic carbocycles. The number of hydrogen-bond donors (Lipinski definition) is 2. The molecule has 1 amide bonds. The molecule has 2 N–H and O–H groups in total. The van der Waals surface area contributed by atoms with Crippen molar-refractivity contribution in [1.29, 1.82) is 0 Å². The highest BCUT2D eigenvalue weighted by Crippen LogP contribution is 2.43. The van der Waals surface area contributed by atoms with Gasteiger partial charge in [-0.15, -0.1) is 0 Å². The number of phosphoric acid groups is 1. The number of rotatable bonds is 70. The van der Waals surface area contributed by atoms with Crippen molar-refractivity contribution in [2.45, 2.75) is 373 Å². The van der Waals surface area contributed by atoms with Crippen LogP contribution in [-0.4, -0.2) is 74.3 Å². The number of nitrogens with zero attached hydrogens (tertiary/aromatic N) is 1. The number of unbranched alkanes of at least 4 members (excludes halogenated alkanes) is 42. The Morgan fingerprint density at radius 1 is 0.389 bits per heavy atom. The van der Waals surface area contributed by atoms with Crippen molar-refractivity contribution in [1.82, 2.24) is 5.32 Å². The average molecular weight is 1280 g/mol. The lowest BCUT2D eigenvalue weighted by atomic mass is 10.0. The van der Waals surface area contributed by atoms with Crippen molar-refractivity contribution >= 4 is 19.7 Å². The summed E-state index contributed by atoms with van der Waals surface area (Å²) in [5.41, 5.74) is 0. The molecular formula is C80H148N2O7P+. The lowest BCUT2D eigenvalue weighted by molar-refractivity contribution is -0.870. The van der Waals surface area contributed by atoms with E-state index in [9.17, 15) is 19.0 Å². The minimum absolute atomic E-state index is 0.0384. The number of ether oxygens (including phenoxy) is 1. The van der Waals surface area contributed by atoms with E-state index < -0.39 is 20.0 Å².